The van der Waals surface area contributed by atoms with Crippen LogP contribution in [0, 0.1) is 0 Å². The lowest BCUT2D eigenvalue weighted by molar-refractivity contribution is -0.115. The second-order valence-corrected chi connectivity index (χ2v) is 9.37. The minimum Gasteiger partial charge on any atom is -0.359 e. The van der Waals surface area contributed by atoms with Crippen LogP contribution in [0.5, 0.6) is 0 Å². The molecule has 0 aliphatic carbocycles. The molecule has 4 aromatic rings. The molecule has 7 heteroatoms. The molecule has 2 aromatic carbocycles. The normalized spacial score (nSPS) is 15.8. The number of aromatic nitrogens is 2. The number of carbonyl (C=O) groups is 1. The third-order valence-electron chi connectivity index (χ3n) is 5.40. The molecule has 1 aliphatic rings. The Hall–Kier alpha value is -3.71. The summed E-state index contributed by atoms with van der Waals surface area (Å²) in [4.78, 5) is 20.3. The van der Waals surface area contributed by atoms with Crippen molar-refractivity contribution in [3.8, 4) is 0 Å². The van der Waals surface area contributed by atoms with Crippen LogP contribution in [-0.4, -0.2) is 24.3 Å². The number of sulfone groups is 1. The Morgan fingerprint density at radius 1 is 1.03 bits per heavy atom. The van der Waals surface area contributed by atoms with Crippen LogP contribution in [0.2, 0.25) is 0 Å². The van der Waals surface area contributed by atoms with Crippen LogP contribution in [0.3, 0.4) is 0 Å². The number of amides is 1. The van der Waals surface area contributed by atoms with Crippen molar-refractivity contribution < 1.29 is 13.2 Å². The van der Waals surface area contributed by atoms with Crippen LogP contribution < -0.4 is 5.32 Å². The fraction of sp³-hybridized carbons (Fsp3) is 0.0833. The van der Waals surface area contributed by atoms with Crippen molar-refractivity contribution in [1.29, 1.82) is 0 Å². The molecule has 31 heavy (non-hydrogen) atoms. The zero-order chi connectivity index (χ0) is 21.4. The van der Waals surface area contributed by atoms with E-state index < -0.39 is 9.84 Å². The third-order valence-corrected chi connectivity index (χ3v) is 7.11. The van der Waals surface area contributed by atoms with E-state index in [4.69, 9.17) is 0 Å². The number of anilines is 1. The second-order valence-electron chi connectivity index (χ2n) is 7.41. The highest BCUT2D eigenvalue weighted by molar-refractivity contribution is 7.90. The number of H-pyrrole nitrogens is 1. The predicted octanol–water partition coefficient (Wildman–Crippen LogP) is 4.31. The van der Waals surface area contributed by atoms with Gasteiger partial charge >= 0.3 is 0 Å². The number of nitrogens with zero attached hydrogens (tertiary/aromatic N) is 1. The summed E-state index contributed by atoms with van der Waals surface area (Å²) in [5.74, 6) is -0.275. The number of hydrogen-bond donors (Lipinski definition) is 2. The van der Waals surface area contributed by atoms with Crippen LogP contribution in [0.4, 0.5) is 5.69 Å². The molecule has 0 radical (unpaired) electrons. The molecule has 2 N–H and O–H groups in total. The summed E-state index contributed by atoms with van der Waals surface area (Å²) < 4.78 is 25.9. The van der Waals surface area contributed by atoms with Gasteiger partial charge in [0.05, 0.1) is 28.0 Å². The lowest BCUT2D eigenvalue weighted by Crippen LogP contribution is -2.11. The quantitative estimate of drug-likeness (QED) is 0.508. The maximum atomic E-state index is 13.0. The maximum absolute atomic E-state index is 13.0. The number of aromatic amines is 1. The number of carbonyl (C=O) groups excluding carboxylic acids is 1. The van der Waals surface area contributed by atoms with Crippen molar-refractivity contribution in [3.05, 3.63) is 96.0 Å². The molecule has 6 nitrogen and oxygen atoms in total. The van der Waals surface area contributed by atoms with Crippen molar-refractivity contribution in [2.24, 2.45) is 0 Å². The standard InChI is InChI=1S/C24H19N3O3S/c28-23(27-21-14-25-13-16-11-12-26-24(16)21)10-9-19-18-6-2-1-5-17(18)15-31(29,30)22-8-4-3-7-20(19)22/h1-9,11-14,26H,10,15H2,(H,27,28)/b19-9+. The summed E-state index contributed by atoms with van der Waals surface area (Å²) in [6.07, 6.45) is 7.02. The molecular formula is C24H19N3O3S. The van der Waals surface area contributed by atoms with E-state index in [-0.39, 0.29) is 18.1 Å². The molecular weight excluding hydrogens is 410 g/mol. The van der Waals surface area contributed by atoms with E-state index in [1.54, 1.807) is 42.9 Å². The fourth-order valence-corrected chi connectivity index (χ4v) is 5.60. The number of nitrogens with one attached hydrogen (secondary N) is 2. The maximum Gasteiger partial charge on any atom is 0.228 e. The molecule has 154 valence electrons. The van der Waals surface area contributed by atoms with Gasteiger partial charge in [0.1, 0.15) is 0 Å². The Morgan fingerprint density at radius 2 is 1.81 bits per heavy atom. The molecule has 0 fully saturated rings. The smallest absolute Gasteiger partial charge is 0.228 e. The second kappa shape index (κ2) is 7.52. The molecule has 3 heterocycles. The number of pyridine rings is 1. The minimum atomic E-state index is -3.48. The molecule has 0 spiro atoms. The first-order valence-electron chi connectivity index (χ1n) is 9.84. The van der Waals surface area contributed by atoms with Crippen molar-refractivity contribution in [1.82, 2.24) is 9.97 Å². The zero-order valence-electron chi connectivity index (χ0n) is 16.5. The minimum absolute atomic E-state index is 0.0653. The third kappa shape index (κ3) is 3.53. The Bertz CT molecular complexity index is 1450. The van der Waals surface area contributed by atoms with E-state index in [1.165, 1.54) is 0 Å². The van der Waals surface area contributed by atoms with Gasteiger partial charge in [0.15, 0.2) is 9.84 Å². The van der Waals surface area contributed by atoms with Crippen LogP contribution in [0.1, 0.15) is 23.1 Å². The van der Waals surface area contributed by atoms with Gasteiger partial charge in [0, 0.05) is 29.8 Å². The van der Waals surface area contributed by atoms with E-state index in [1.807, 2.05) is 36.4 Å². The Kier molecular flexibility index (Phi) is 4.67. The lowest BCUT2D eigenvalue weighted by Gasteiger charge is -2.11. The molecule has 0 saturated heterocycles. The van der Waals surface area contributed by atoms with Gasteiger partial charge in [-0.25, -0.2) is 8.42 Å². The van der Waals surface area contributed by atoms with E-state index in [0.717, 1.165) is 27.6 Å². The molecule has 0 atom stereocenters. The van der Waals surface area contributed by atoms with E-state index in [0.29, 0.717) is 16.1 Å². The Labute approximate surface area is 179 Å². The Balaban J connectivity index is 1.53. The molecule has 1 amide bonds. The van der Waals surface area contributed by atoms with E-state index in [9.17, 15) is 13.2 Å². The summed E-state index contributed by atoms with van der Waals surface area (Å²) in [6.45, 7) is 0. The number of hydrogen-bond acceptors (Lipinski definition) is 4. The number of rotatable bonds is 3. The molecule has 1 aliphatic heterocycles. The highest BCUT2D eigenvalue weighted by atomic mass is 32.2. The molecule has 5 rings (SSSR count). The van der Waals surface area contributed by atoms with Crippen LogP contribution in [-0.2, 0) is 20.4 Å². The van der Waals surface area contributed by atoms with E-state index >= 15 is 0 Å². The first kappa shape index (κ1) is 19.3. The SMILES string of the molecule is O=C(C/C=C1\c2ccccc2CS(=O)(=O)c2ccccc21)Nc1cncc2cc[nH]c12. The monoisotopic (exact) mass is 429 g/mol. The molecule has 0 unspecified atom stereocenters. The van der Waals surface area contributed by atoms with Gasteiger partial charge in [-0.3, -0.25) is 9.78 Å². The molecule has 0 saturated carbocycles. The van der Waals surface area contributed by atoms with Crippen molar-refractivity contribution in [2.75, 3.05) is 5.32 Å². The summed E-state index contributed by atoms with van der Waals surface area (Å²) >= 11 is 0. The summed E-state index contributed by atoms with van der Waals surface area (Å²) in [6, 6.07) is 16.3. The van der Waals surface area contributed by atoms with Crippen molar-refractivity contribution in [2.45, 2.75) is 17.1 Å². The summed E-state index contributed by atoms with van der Waals surface area (Å²) in [5, 5.41) is 3.81. The van der Waals surface area contributed by atoms with E-state index in [2.05, 4.69) is 15.3 Å². The predicted molar refractivity (Wildman–Crippen MR) is 120 cm³/mol. The van der Waals surface area contributed by atoms with Gasteiger partial charge < -0.3 is 10.3 Å². The van der Waals surface area contributed by atoms with Gasteiger partial charge in [-0.2, -0.15) is 0 Å². The first-order chi connectivity index (χ1) is 15.0. The van der Waals surface area contributed by atoms with Crippen LogP contribution in [0.25, 0.3) is 16.5 Å². The van der Waals surface area contributed by atoms with Gasteiger partial charge in [0.2, 0.25) is 5.91 Å². The average molecular weight is 430 g/mol. The highest BCUT2D eigenvalue weighted by Gasteiger charge is 2.27. The van der Waals surface area contributed by atoms with Gasteiger partial charge in [-0.05, 0) is 28.8 Å². The van der Waals surface area contributed by atoms with Gasteiger partial charge in [-0.15, -0.1) is 0 Å². The highest BCUT2D eigenvalue weighted by Crippen LogP contribution is 2.37. The van der Waals surface area contributed by atoms with Crippen molar-refractivity contribution in [3.63, 3.8) is 0 Å². The first-order valence-corrected chi connectivity index (χ1v) is 11.5. The summed E-state index contributed by atoms with van der Waals surface area (Å²) in [7, 11) is -3.48. The average Bonchev–Trinajstić information content (AvgIpc) is 3.22. The topological polar surface area (TPSA) is 91.9 Å². The number of benzene rings is 2. The fourth-order valence-electron chi connectivity index (χ4n) is 3.99. The van der Waals surface area contributed by atoms with Crippen LogP contribution in [0.15, 0.2) is 84.2 Å². The largest absolute Gasteiger partial charge is 0.359 e. The van der Waals surface area contributed by atoms with Gasteiger partial charge in [-0.1, -0.05) is 48.5 Å². The zero-order valence-corrected chi connectivity index (χ0v) is 17.3. The lowest BCUT2D eigenvalue weighted by atomic mass is 9.93. The van der Waals surface area contributed by atoms with Crippen LogP contribution >= 0.6 is 0 Å². The molecule has 2 aromatic heterocycles. The Morgan fingerprint density at radius 3 is 2.68 bits per heavy atom. The molecule has 0 bridgehead atoms. The van der Waals surface area contributed by atoms with Gasteiger partial charge in [0.25, 0.3) is 0 Å². The van der Waals surface area contributed by atoms with Crippen molar-refractivity contribution >= 4 is 37.9 Å². The summed E-state index contributed by atoms with van der Waals surface area (Å²) in [5.41, 5.74) is 4.34. The number of fused-ring (bicyclic) bond motifs is 3.